The summed E-state index contributed by atoms with van der Waals surface area (Å²) in [6, 6.07) is 1.83. The Morgan fingerprint density at radius 3 is 2.89 bits per heavy atom. The summed E-state index contributed by atoms with van der Waals surface area (Å²) >= 11 is 2.92. The Hall–Kier alpha value is -1.01. The Labute approximate surface area is 120 Å². The number of esters is 1. The van der Waals surface area contributed by atoms with Gasteiger partial charge in [0.1, 0.15) is 11.5 Å². The molecule has 1 aromatic rings. The molecule has 4 nitrogen and oxygen atoms in total. The first kappa shape index (κ1) is 14.4. The van der Waals surface area contributed by atoms with Gasteiger partial charge >= 0.3 is 5.97 Å². The van der Waals surface area contributed by atoms with E-state index in [0.717, 1.165) is 29.2 Å². The lowest BCUT2D eigenvalue weighted by Crippen LogP contribution is -2.12. The molecule has 2 rings (SSSR count). The molecule has 0 spiro atoms. The fraction of sp³-hybridized carbons (Fsp3) is 0.538. The van der Waals surface area contributed by atoms with Gasteiger partial charge in [0, 0.05) is 11.7 Å². The molecule has 6 heteroatoms. The van der Waals surface area contributed by atoms with E-state index in [2.05, 4.69) is 5.32 Å². The van der Waals surface area contributed by atoms with Crippen LogP contribution >= 0.6 is 23.1 Å². The predicted molar refractivity (Wildman–Crippen MR) is 79.1 cm³/mol. The quantitative estimate of drug-likeness (QED) is 0.648. The molecule has 0 unspecified atom stereocenters. The monoisotopic (exact) mass is 299 g/mol. The standard InChI is InChI=1S/C13H17NO3S2/c1-8-7-10(14-12(15)9-3-4-9)19-11(8)13(16)17-5-6-18-2/h7,9H,3-6H2,1-2H3,(H,14,15). The minimum atomic E-state index is -0.302. The maximum Gasteiger partial charge on any atom is 0.348 e. The van der Waals surface area contributed by atoms with Crippen LogP contribution in [0.15, 0.2) is 6.07 Å². The number of aryl methyl sites for hydroxylation is 1. The van der Waals surface area contributed by atoms with Crippen LogP contribution in [0.4, 0.5) is 5.00 Å². The number of hydrogen-bond acceptors (Lipinski definition) is 5. The van der Waals surface area contributed by atoms with Gasteiger partial charge in [0.05, 0.1) is 5.00 Å². The molecule has 104 valence electrons. The molecule has 1 N–H and O–H groups in total. The molecule has 1 amide bonds. The fourth-order valence-electron chi connectivity index (χ4n) is 1.60. The summed E-state index contributed by atoms with van der Waals surface area (Å²) in [7, 11) is 0. The van der Waals surface area contributed by atoms with Gasteiger partial charge < -0.3 is 10.1 Å². The van der Waals surface area contributed by atoms with E-state index in [1.807, 2.05) is 19.2 Å². The molecule has 1 saturated carbocycles. The van der Waals surface area contributed by atoms with E-state index in [9.17, 15) is 9.59 Å². The van der Waals surface area contributed by atoms with E-state index in [-0.39, 0.29) is 17.8 Å². The van der Waals surface area contributed by atoms with Crippen molar-refractivity contribution in [2.75, 3.05) is 23.9 Å². The summed E-state index contributed by atoms with van der Waals surface area (Å²) in [6.45, 7) is 2.27. The van der Waals surface area contributed by atoms with Crippen LogP contribution in [-0.2, 0) is 9.53 Å². The largest absolute Gasteiger partial charge is 0.461 e. The van der Waals surface area contributed by atoms with Crippen molar-refractivity contribution >= 4 is 40.0 Å². The zero-order valence-corrected chi connectivity index (χ0v) is 12.7. The maximum atomic E-state index is 11.9. The second kappa shape index (κ2) is 6.43. The summed E-state index contributed by atoms with van der Waals surface area (Å²) in [4.78, 5) is 24.1. The van der Waals surface area contributed by atoms with Crippen molar-refractivity contribution in [1.82, 2.24) is 0 Å². The van der Waals surface area contributed by atoms with Crippen LogP contribution in [0.2, 0.25) is 0 Å². The van der Waals surface area contributed by atoms with Crippen molar-refractivity contribution in [2.24, 2.45) is 5.92 Å². The Morgan fingerprint density at radius 1 is 1.53 bits per heavy atom. The van der Waals surface area contributed by atoms with Crippen molar-refractivity contribution in [3.8, 4) is 0 Å². The smallest absolute Gasteiger partial charge is 0.348 e. The normalized spacial score (nSPS) is 14.2. The Morgan fingerprint density at radius 2 is 2.26 bits per heavy atom. The molecule has 0 radical (unpaired) electrons. The summed E-state index contributed by atoms with van der Waals surface area (Å²) in [6.07, 6.45) is 3.91. The minimum Gasteiger partial charge on any atom is -0.461 e. The van der Waals surface area contributed by atoms with E-state index in [1.165, 1.54) is 11.3 Å². The third-order valence-electron chi connectivity index (χ3n) is 2.82. The predicted octanol–water partition coefficient (Wildman–Crippen LogP) is 2.92. The number of anilines is 1. The summed E-state index contributed by atoms with van der Waals surface area (Å²) in [5.74, 6) is 0.716. The van der Waals surface area contributed by atoms with Gasteiger partial charge in [-0.1, -0.05) is 0 Å². The van der Waals surface area contributed by atoms with Crippen LogP contribution in [0.1, 0.15) is 28.1 Å². The summed E-state index contributed by atoms with van der Waals surface area (Å²) < 4.78 is 5.17. The molecule has 1 fully saturated rings. The topological polar surface area (TPSA) is 55.4 Å². The highest BCUT2D eigenvalue weighted by Gasteiger charge is 2.30. The highest BCUT2D eigenvalue weighted by atomic mass is 32.2. The third-order valence-corrected chi connectivity index (χ3v) is 4.53. The first-order valence-electron chi connectivity index (χ1n) is 6.19. The number of nitrogens with one attached hydrogen (secondary N) is 1. The molecule has 0 aliphatic heterocycles. The summed E-state index contributed by atoms with van der Waals surface area (Å²) in [5, 5.41) is 3.58. The molecule has 0 atom stereocenters. The molecular formula is C13H17NO3S2. The zero-order chi connectivity index (χ0) is 13.8. The average Bonchev–Trinajstić information content (AvgIpc) is 3.15. The van der Waals surface area contributed by atoms with Crippen molar-refractivity contribution in [3.05, 3.63) is 16.5 Å². The van der Waals surface area contributed by atoms with Gasteiger partial charge in [-0.15, -0.1) is 11.3 Å². The van der Waals surface area contributed by atoms with E-state index in [0.29, 0.717) is 11.5 Å². The van der Waals surface area contributed by atoms with Crippen LogP contribution in [0.25, 0.3) is 0 Å². The van der Waals surface area contributed by atoms with Gasteiger partial charge in [-0.25, -0.2) is 4.79 Å². The fourth-order valence-corrected chi connectivity index (χ4v) is 2.82. The highest BCUT2D eigenvalue weighted by Crippen LogP contribution is 2.33. The number of ether oxygens (including phenoxy) is 1. The SMILES string of the molecule is CSCCOC(=O)c1sc(NC(=O)C2CC2)cc1C. The lowest BCUT2D eigenvalue weighted by atomic mass is 10.3. The van der Waals surface area contributed by atoms with Crippen molar-refractivity contribution in [3.63, 3.8) is 0 Å². The highest BCUT2D eigenvalue weighted by molar-refractivity contribution is 7.98. The van der Waals surface area contributed by atoms with E-state index in [1.54, 1.807) is 11.8 Å². The van der Waals surface area contributed by atoms with Crippen LogP contribution in [0, 0.1) is 12.8 Å². The van der Waals surface area contributed by atoms with Crippen LogP contribution in [-0.4, -0.2) is 30.5 Å². The van der Waals surface area contributed by atoms with Crippen LogP contribution < -0.4 is 5.32 Å². The molecular weight excluding hydrogens is 282 g/mol. The number of rotatable bonds is 6. The molecule has 1 aliphatic rings. The first-order valence-corrected chi connectivity index (χ1v) is 8.40. The van der Waals surface area contributed by atoms with Gasteiger partial charge in [-0.3, -0.25) is 4.79 Å². The van der Waals surface area contributed by atoms with Crippen LogP contribution in [0.3, 0.4) is 0 Å². The Balaban J connectivity index is 1.95. The molecule has 0 aromatic carbocycles. The Bertz CT molecular complexity index is 480. The number of carbonyl (C=O) groups is 2. The van der Waals surface area contributed by atoms with E-state index >= 15 is 0 Å². The van der Waals surface area contributed by atoms with Gasteiger partial charge in [0.2, 0.25) is 5.91 Å². The molecule has 0 saturated heterocycles. The van der Waals surface area contributed by atoms with Crippen LogP contribution in [0.5, 0.6) is 0 Å². The van der Waals surface area contributed by atoms with Crippen molar-refractivity contribution in [1.29, 1.82) is 0 Å². The molecule has 1 aliphatic carbocycles. The lowest BCUT2D eigenvalue weighted by molar-refractivity contribution is -0.117. The van der Waals surface area contributed by atoms with Gasteiger partial charge in [-0.2, -0.15) is 11.8 Å². The van der Waals surface area contributed by atoms with Crippen molar-refractivity contribution in [2.45, 2.75) is 19.8 Å². The van der Waals surface area contributed by atoms with E-state index < -0.39 is 0 Å². The number of amides is 1. The number of thioether (sulfide) groups is 1. The van der Waals surface area contributed by atoms with E-state index in [4.69, 9.17) is 4.74 Å². The molecule has 1 aromatic heterocycles. The molecule has 0 bridgehead atoms. The Kier molecular flexibility index (Phi) is 4.87. The lowest BCUT2D eigenvalue weighted by Gasteiger charge is -2.02. The van der Waals surface area contributed by atoms with Crippen molar-refractivity contribution < 1.29 is 14.3 Å². The maximum absolute atomic E-state index is 11.9. The third kappa shape index (κ3) is 3.98. The second-order valence-electron chi connectivity index (χ2n) is 4.52. The number of hydrogen-bond donors (Lipinski definition) is 1. The number of carbonyl (C=O) groups excluding carboxylic acids is 2. The van der Waals surface area contributed by atoms with Gasteiger partial charge in [-0.05, 0) is 37.7 Å². The average molecular weight is 299 g/mol. The molecule has 1 heterocycles. The number of thiophene rings is 1. The summed E-state index contributed by atoms with van der Waals surface area (Å²) in [5.41, 5.74) is 0.852. The van der Waals surface area contributed by atoms with Gasteiger partial charge in [0.15, 0.2) is 0 Å². The molecule has 19 heavy (non-hydrogen) atoms. The second-order valence-corrected chi connectivity index (χ2v) is 6.55. The van der Waals surface area contributed by atoms with Gasteiger partial charge in [0.25, 0.3) is 0 Å². The first-order chi connectivity index (χ1) is 9.11. The zero-order valence-electron chi connectivity index (χ0n) is 11.0. The minimum absolute atomic E-state index is 0.0588.